The van der Waals surface area contributed by atoms with Gasteiger partial charge >= 0.3 is 0 Å². The lowest BCUT2D eigenvalue weighted by molar-refractivity contribution is 0.331. The van der Waals surface area contributed by atoms with E-state index in [-0.39, 0.29) is 0 Å². The Bertz CT molecular complexity index is 585. The Morgan fingerprint density at radius 3 is 2.95 bits per heavy atom. The monoisotopic (exact) mass is 284 g/mol. The lowest BCUT2D eigenvalue weighted by atomic mass is 10.2. The van der Waals surface area contributed by atoms with Crippen molar-refractivity contribution in [2.75, 3.05) is 24.6 Å². The van der Waals surface area contributed by atoms with Gasteiger partial charge in [0.05, 0.1) is 24.6 Å². The predicted octanol–water partition coefficient (Wildman–Crippen LogP) is 1.99. The standard InChI is InChI=1S/C16H20N4O/c1-2-17-9-14-10-19-16(11-18-14)20-7-8-21-15-6-4-3-5-13(15)12-20/h3-6,10-11,17H,2,7-9,12H2,1H3. The molecule has 3 rings (SSSR count). The lowest BCUT2D eigenvalue weighted by Gasteiger charge is -2.20. The highest BCUT2D eigenvalue weighted by atomic mass is 16.5. The fourth-order valence-corrected chi connectivity index (χ4v) is 2.38. The molecular weight excluding hydrogens is 264 g/mol. The molecule has 5 heteroatoms. The number of fused-ring (bicyclic) bond motifs is 1. The highest BCUT2D eigenvalue weighted by molar-refractivity contribution is 5.42. The number of nitrogens with zero attached hydrogens (tertiary/aromatic N) is 3. The number of hydrogen-bond acceptors (Lipinski definition) is 5. The van der Waals surface area contributed by atoms with Crippen molar-refractivity contribution in [1.82, 2.24) is 15.3 Å². The van der Waals surface area contributed by atoms with Gasteiger partial charge in [0.2, 0.25) is 0 Å². The quantitative estimate of drug-likeness (QED) is 0.930. The summed E-state index contributed by atoms with van der Waals surface area (Å²) < 4.78 is 5.78. The van der Waals surface area contributed by atoms with Crippen LogP contribution in [0.4, 0.5) is 5.82 Å². The van der Waals surface area contributed by atoms with Gasteiger partial charge in [-0.1, -0.05) is 25.1 Å². The SMILES string of the molecule is CCNCc1cnc(N2CCOc3ccccc3C2)cn1. The van der Waals surface area contributed by atoms with Gasteiger partial charge in [0.1, 0.15) is 18.2 Å². The third kappa shape index (κ3) is 3.31. The smallest absolute Gasteiger partial charge is 0.147 e. The number of nitrogens with one attached hydrogen (secondary N) is 1. The average molecular weight is 284 g/mol. The average Bonchev–Trinajstić information content (AvgIpc) is 2.75. The topological polar surface area (TPSA) is 50.3 Å². The van der Waals surface area contributed by atoms with E-state index in [1.807, 2.05) is 30.6 Å². The number of para-hydroxylation sites is 1. The highest BCUT2D eigenvalue weighted by Crippen LogP contribution is 2.24. The minimum atomic E-state index is 0.665. The van der Waals surface area contributed by atoms with Gasteiger partial charge in [0.15, 0.2) is 0 Å². The third-order valence-corrected chi connectivity index (χ3v) is 3.52. The predicted molar refractivity (Wildman–Crippen MR) is 82.4 cm³/mol. The summed E-state index contributed by atoms with van der Waals surface area (Å²) in [6.45, 7) is 6.06. The molecule has 1 aliphatic rings. The van der Waals surface area contributed by atoms with E-state index in [1.165, 1.54) is 5.56 Å². The van der Waals surface area contributed by atoms with Crippen LogP contribution in [0.25, 0.3) is 0 Å². The van der Waals surface area contributed by atoms with Crippen molar-refractivity contribution in [1.29, 1.82) is 0 Å². The molecule has 0 saturated heterocycles. The molecule has 2 heterocycles. The van der Waals surface area contributed by atoms with Gasteiger partial charge in [-0.2, -0.15) is 0 Å². The summed E-state index contributed by atoms with van der Waals surface area (Å²) in [6.07, 6.45) is 3.69. The number of ether oxygens (including phenoxy) is 1. The summed E-state index contributed by atoms with van der Waals surface area (Å²) in [5.41, 5.74) is 2.15. The molecule has 0 radical (unpaired) electrons. The minimum absolute atomic E-state index is 0.665. The van der Waals surface area contributed by atoms with Gasteiger partial charge in [-0.3, -0.25) is 4.98 Å². The molecule has 0 amide bonds. The van der Waals surface area contributed by atoms with Crippen LogP contribution in [0.2, 0.25) is 0 Å². The summed E-state index contributed by atoms with van der Waals surface area (Å²) in [4.78, 5) is 11.2. The Kier molecular flexibility index (Phi) is 4.31. The highest BCUT2D eigenvalue weighted by Gasteiger charge is 2.16. The van der Waals surface area contributed by atoms with Gasteiger partial charge in [0, 0.05) is 18.7 Å². The van der Waals surface area contributed by atoms with Crippen molar-refractivity contribution >= 4 is 5.82 Å². The lowest BCUT2D eigenvalue weighted by Crippen LogP contribution is -2.26. The van der Waals surface area contributed by atoms with E-state index >= 15 is 0 Å². The second-order valence-corrected chi connectivity index (χ2v) is 5.02. The molecule has 1 N–H and O–H groups in total. The minimum Gasteiger partial charge on any atom is -0.491 e. The van der Waals surface area contributed by atoms with Gasteiger partial charge in [0.25, 0.3) is 0 Å². The third-order valence-electron chi connectivity index (χ3n) is 3.52. The molecule has 5 nitrogen and oxygen atoms in total. The summed E-state index contributed by atoms with van der Waals surface area (Å²) in [6, 6.07) is 8.16. The maximum atomic E-state index is 5.78. The molecular formula is C16H20N4O. The van der Waals surface area contributed by atoms with Gasteiger partial charge in [-0.15, -0.1) is 0 Å². The van der Waals surface area contributed by atoms with E-state index in [1.54, 1.807) is 0 Å². The van der Waals surface area contributed by atoms with E-state index in [2.05, 4.69) is 33.2 Å². The maximum Gasteiger partial charge on any atom is 0.147 e. The van der Waals surface area contributed by atoms with Crippen molar-refractivity contribution in [2.45, 2.75) is 20.0 Å². The number of aromatic nitrogens is 2. The van der Waals surface area contributed by atoms with E-state index in [9.17, 15) is 0 Å². The van der Waals surface area contributed by atoms with Crippen LogP contribution in [0.3, 0.4) is 0 Å². The van der Waals surface area contributed by atoms with E-state index < -0.39 is 0 Å². The zero-order chi connectivity index (χ0) is 14.5. The van der Waals surface area contributed by atoms with Gasteiger partial charge < -0.3 is 15.0 Å². The number of rotatable bonds is 4. The summed E-state index contributed by atoms with van der Waals surface area (Å²) in [5, 5.41) is 3.25. The first kappa shape index (κ1) is 13.8. The molecule has 0 bridgehead atoms. The first-order valence-corrected chi connectivity index (χ1v) is 7.34. The molecule has 1 aromatic carbocycles. The van der Waals surface area contributed by atoms with Crippen LogP contribution in [0.1, 0.15) is 18.2 Å². The Hall–Kier alpha value is -2.14. The van der Waals surface area contributed by atoms with Crippen LogP contribution in [0, 0.1) is 0 Å². The molecule has 0 fully saturated rings. The van der Waals surface area contributed by atoms with E-state index in [4.69, 9.17) is 4.74 Å². The van der Waals surface area contributed by atoms with Crippen LogP contribution in [-0.4, -0.2) is 29.7 Å². The Morgan fingerprint density at radius 2 is 2.14 bits per heavy atom. The molecule has 1 aliphatic heterocycles. The van der Waals surface area contributed by atoms with Crippen molar-refractivity contribution < 1.29 is 4.74 Å². The molecule has 21 heavy (non-hydrogen) atoms. The normalized spacial score (nSPS) is 14.2. The first-order valence-electron chi connectivity index (χ1n) is 7.34. The molecule has 0 atom stereocenters. The van der Waals surface area contributed by atoms with Crippen LogP contribution >= 0.6 is 0 Å². The van der Waals surface area contributed by atoms with Crippen molar-refractivity contribution in [2.24, 2.45) is 0 Å². The molecule has 2 aromatic rings. The van der Waals surface area contributed by atoms with Crippen LogP contribution in [-0.2, 0) is 13.1 Å². The molecule has 110 valence electrons. The van der Waals surface area contributed by atoms with E-state index in [0.717, 1.165) is 43.4 Å². The summed E-state index contributed by atoms with van der Waals surface area (Å²) in [5.74, 6) is 1.87. The van der Waals surface area contributed by atoms with Crippen molar-refractivity contribution in [3.63, 3.8) is 0 Å². The van der Waals surface area contributed by atoms with Crippen LogP contribution < -0.4 is 15.0 Å². The second kappa shape index (κ2) is 6.54. The fourth-order valence-electron chi connectivity index (χ4n) is 2.38. The number of hydrogen-bond donors (Lipinski definition) is 1. The number of benzene rings is 1. The van der Waals surface area contributed by atoms with Crippen molar-refractivity contribution in [3.05, 3.63) is 47.9 Å². The molecule has 1 aromatic heterocycles. The second-order valence-electron chi connectivity index (χ2n) is 5.02. The maximum absolute atomic E-state index is 5.78. The number of anilines is 1. The summed E-state index contributed by atoms with van der Waals surface area (Å²) >= 11 is 0. The first-order chi connectivity index (χ1) is 10.4. The molecule has 0 saturated carbocycles. The van der Waals surface area contributed by atoms with Crippen LogP contribution in [0.5, 0.6) is 5.75 Å². The van der Waals surface area contributed by atoms with Crippen molar-refractivity contribution in [3.8, 4) is 5.75 Å². The van der Waals surface area contributed by atoms with Crippen LogP contribution in [0.15, 0.2) is 36.7 Å². The van der Waals surface area contributed by atoms with E-state index in [0.29, 0.717) is 6.61 Å². The Balaban J connectivity index is 1.74. The Labute approximate surface area is 125 Å². The molecule has 0 spiro atoms. The Morgan fingerprint density at radius 1 is 1.24 bits per heavy atom. The zero-order valence-electron chi connectivity index (χ0n) is 12.2. The largest absolute Gasteiger partial charge is 0.491 e. The zero-order valence-corrected chi connectivity index (χ0v) is 12.2. The van der Waals surface area contributed by atoms with Gasteiger partial charge in [-0.05, 0) is 12.6 Å². The molecule has 0 unspecified atom stereocenters. The fraction of sp³-hybridized carbons (Fsp3) is 0.375. The summed E-state index contributed by atoms with van der Waals surface area (Å²) in [7, 11) is 0. The van der Waals surface area contributed by atoms with Gasteiger partial charge in [-0.25, -0.2) is 4.98 Å². The molecule has 0 aliphatic carbocycles.